The summed E-state index contributed by atoms with van der Waals surface area (Å²) in [6.07, 6.45) is 1.80. The number of nitrogens with zero attached hydrogens (tertiary/aromatic N) is 2. The number of fused-ring (bicyclic) bond motifs is 1. The van der Waals surface area contributed by atoms with Crippen molar-refractivity contribution in [2.24, 2.45) is 4.99 Å². The van der Waals surface area contributed by atoms with E-state index in [0.717, 1.165) is 16.7 Å². The minimum Gasteiger partial charge on any atom is -0.497 e. The van der Waals surface area contributed by atoms with Crippen LogP contribution in [0.2, 0.25) is 10.0 Å². The standard InChI is InChI=1S/C36H27BrCl2N2O5S/c1-3-45-35(43)31-32(22-8-5-4-6-9-22)40-36-41(33(31)23-10-7-11-26(18-23)44-2)34(42)30(47-36)17-21-12-15-29(27(37)16-21)46-20-24-13-14-25(38)19-28(24)39/h4-19,33H,3,20H2,1-2H3/b30-17-/t33-/m0/s1. The molecule has 0 unspecified atom stereocenters. The highest BCUT2D eigenvalue weighted by Crippen LogP contribution is 2.36. The molecule has 0 N–H and O–H groups in total. The van der Waals surface area contributed by atoms with Crippen LogP contribution in [0.3, 0.4) is 0 Å². The lowest BCUT2D eigenvalue weighted by Gasteiger charge is -2.26. The van der Waals surface area contributed by atoms with E-state index >= 15 is 0 Å². The van der Waals surface area contributed by atoms with Crippen molar-refractivity contribution < 1.29 is 19.0 Å². The predicted molar refractivity (Wildman–Crippen MR) is 189 cm³/mol. The molecule has 2 heterocycles. The number of carbonyl (C=O) groups excluding carboxylic acids is 1. The molecule has 5 aromatic rings. The molecule has 0 saturated carbocycles. The van der Waals surface area contributed by atoms with Gasteiger partial charge in [-0.15, -0.1) is 0 Å². The third-order valence-electron chi connectivity index (χ3n) is 7.44. The van der Waals surface area contributed by atoms with E-state index in [-0.39, 0.29) is 24.3 Å². The van der Waals surface area contributed by atoms with Gasteiger partial charge in [0.1, 0.15) is 18.1 Å². The van der Waals surface area contributed by atoms with E-state index in [1.807, 2.05) is 78.9 Å². The molecule has 6 rings (SSSR count). The van der Waals surface area contributed by atoms with Crippen molar-refractivity contribution in [1.29, 1.82) is 0 Å². The highest BCUT2D eigenvalue weighted by Gasteiger charge is 2.35. The number of benzene rings is 4. The Morgan fingerprint density at radius 1 is 1.02 bits per heavy atom. The SMILES string of the molecule is CCOC(=O)C1=C(c2ccccc2)N=c2s/c(=C\c3ccc(OCc4ccc(Cl)cc4Cl)c(Br)c3)c(=O)n2[C@H]1c1cccc(OC)c1. The Bertz CT molecular complexity index is 2200. The fraction of sp³-hybridized carbons (Fsp3) is 0.139. The van der Waals surface area contributed by atoms with Crippen LogP contribution in [0, 0.1) is 0 Å². The molecule has 7 nitrogen and oxygen atoms in total. The fourth-order valence-electron chi connectivity index (χ4n) is 5.24. The molecule has 238 valence electrons. The maximum atomic E-state index is 14.2. The Balaban J connectivity index is 1.45. The molecule has 1 aliphatic rings. The summed E-state index contributed by atoms with van der Waals surface area (Å²) in [6, 6.07) is 26.8. The molecular weight excluding hydrogens is 723 g/mol. The summed E-state index contributed by atoms with van der Waals surface area (Å²) >= 11 is 17.2. The van der Waals surface area contributed by atoms with Gasteiger partial charge >= 0.3 is 5.97 Å². The number of carbonyl (C=O) groups is 1. The zero-order valence-electron chi connectivity index (χ0n) is 25.2. The smallest absolute Gasteiger partial charge is 0.338 e. The Morgan fingerprint density at radius 2 is 1.83 bits per heavy atom. The molecule has 11 heteroatoms. The zero-order valence-corrected chi connectivity index (χ0v) is 29.1. The van der Waals surface area contributed by atoms with Gasteiger partial charge in [-0.25, -0.2) is 9.79 Å². The largest absolute Gasteiger partial charge is 0.497 e. The van der Waals surface area contributed by atoms with Crippen molar-refractivity contribution >= 4 is 68.2 Å². The highest BCUT2D eigenvalue weighted by molar-refractivity contribution is 9.10. The van der Waals surface area contributed by atoms with E-state index < -0.39 is 12.0 Å². The molecule has 0 aliphatic carbocycles. The van der Waals surface area contributed by atoms with E-state index in [4.69, 9.17) is 42.4 Å². The Hall–Kier alpha value is -4.15. The van der Waals surface area contributed by atoms with Crippen molar-refractivity contribution in [2.45, 2.75) is 19.6 Å². The number of hydrogen-bond donors (Lipinski definition) is 0. The van der Waals surface area contributed by atoms with Crippen LogP contribution in [0.25, 0.3) is 11.8 Å². The molecule has 47 heavy (non-hydrogen) atoms. The molecule has 0 fully saturated rings. The van der Waals surface area contributed by atoms with Crippen LogP contribution in [0.1, 0.15) is 35.2 Å². The van der Waals surface area contributed by atoms with Crippen molar-refractivity contribution in [3.8, 4) is 11.5 Å². The second-order valence-electron chi connectivity index (χ2n) is 10.4. The lowest BCUT2D eigenvalue weighted by Crippen LogP contribution is -2.40. The first kappa shape index (κ1) is 32.8. The summed E-state index contributed by atoms with van der Waals surface area (Å²) < 4.78 is 19.8. The molecule has 0 radical (unpaired) electrons. The van der Waals surface area contributed by atoms with Gasteiger partial charge in [0.15, 0.2) is 4.80 Å². The normalized spacial score (nSPS) is 14.4. The summed E-state index contributed by atoms with van der Waals surface area (Å²) in [6.45, 7) is 2.17. The monoisotopic (exact) mass is 748 g/mol. The number of esters is 1. The van der Waals surface area contributed by atoms with Crippen LogP contribution in [-0.2, 0) is 16.1 Å². The van der Waals surface area contributed by atoms with Gasteiger partial charge in [-0.1, -0.05) is 89.1 Å². The van der Waals surface area contributed by atoms with Gasteiger partial charge in [-0.05, 0) is 76.5 Å². The van der Waals surface area contributed by atoms with Crippen LogP contribution in [-0.4, -0.2) is 24.3 Å². The molecule has 1 aliphatic heterocycles. The lowest BCUT2D eigenvalue weighted by molar-refractivity contribution is -0.138. The number of halogens is 3. The average molecular weight is 750 g/mol. The van der Waals surface area contributed by atoms with Gasteiger partial charge in [0.2, 0.25) is 0 Å². The first-order valence-corrected chi connectivity index (χ1v) is 16.9. The molecule has 4 aromatic carbocycles. The predicted octanol–water partition coefficient (Wildman–Crippen LogP) is 7.59. The molecule has 0 amide bonds. The van der Waals surface area contributed by atoms with E-state index in [9.17, 15) is 9.59 Å². The van der Waals surface area contributed by atoms with Crippen LogP contribution >= 0.6 is 50.5 Å². The summed E-state index contributed by atoms with van der Waals surface area (Å²) in [5, 5.41) is 1.08. The van der Waals surface area contributed by atoms with Crippen LogP contribution in [0.15, 0.2) is 111 Å². The molecular formula is C36H27BrCl2N2O5S. The van der Waals surface area contributed by atoms with E-state index in [2.05, 4.69) is 15.9 Å². The summed E-state index contributed by atoms with van der Waals surface area (Å²) in [7, 11) is 1.57. The third-order valence-corrected chi connectivity index (χ3v) is 9.62. The summed E-state index contributed by atoms with van der Waals surface area (Å²) in [5.74, 6) is 0.660. The van der Waals surface area contributed by atoms with Crippen LogP contribution < -0.4 is 24.4 Å². The molecule has 1 aromatic heterocycles. The average Bonchev–Trinajstić information content (AvgIpc) is 3.38. The number of methoxy groups -OCH3 is 1. The fourth-order valence-corrected chi connectivity index (χ4v) is 7.21. The van der Waals surface area contributed by atoms with Crippen molar-refractivity contribution in [1.82, 2.24) is 4.57 Å². The Morgan fingerprint density at radius 3 is 2.55 bits per heavy atom. The van der Waals surface area contributed by atoms with Gasteiger partial charge in [0, 0.05) is 21.2 Å². The first-order chi connectivity index (χ1) is 22.8. The maximum absolute atomic E-state index is 14.2. The van der Waals surface area contributed by atoms with E-state index in [1.54, 1.807) is 36.8 Å². The highest BCUT2D eigenvalue weighted by atomic mass is 79.9. The molecule has 0 bridgehead atoms. The molecule has 1 atom stereocenters. The first-order valence-electron chi connectivity index (χ1n) is 14.6. The Kier molecular flexibility index (Phi) is 9.98. The number of rotatable bonds is 9. The van der Waals surface area contributed by atoms with Crippen LogP contribution in [0.4, 0.5) is 0 Å². The van der Waals surface area contributed by atoms with Gasteiger partial charge in [0.25, 0.3) is 5.56 Å². The van der Waals surface area contributed by atoms with E-state index in [1.165, 1.54) is 11.3 Å². The van der Waals surface area contributed by atoms with Crippen molar-refractivity contribution in [2.75, 3.05) is 13.7 Å². The number of hydrogen-bond acceptors (Lipinski definition) is 7. The zero-order chi connectivity index (χ0) is 33.1. The van der Waals surface area contributed by atoms with E-state index in [0.29, 0.717) is 46.6 Å². The number of aromatic nitrogens is 1. The number of ether oxygens (including phenoxy) is 3. The second kappa shape index (κ2) is 14.3. The van der Waals surface area contributed by atoms with Crippen molar-refractivity contribution in [3.63, 3.8) is 0 Å². The van der Waals surface area contributed by atoms with Crippen LogP contribution in [0.5, 0.6) is 11.5 Å². The van der Waals surface area contributed by atoms with Gasteiger partial charge in [-0.3, -0.25) is 9.36 Å². The summed E-state index contributed by atoms with van der Waals surface area (Å²) in [4.78, 5) is 33.2. The minimum absolute atomic E-state index is 0.168. The molecule has 0 saturated heterocycles. The molecule has 0 spiro atoms. The van der Waals surface area contributed by atoms with Crippen molar-refractivity contribution in [3.05, 3.63) is 153 Å². The maximum Gasteiger partial charge on any atom is 0.338 e. The van der Waals surface area contributed by atoms with Gasteiger partial charge in [0.05, 0.1) is 40.0 Å². The summed E-state index contributed by atoms with van der Waals surface area (Å²) in [5.41, 5.74) is 3.43. The van der Waals surface area contributed by atoms with Gasteiger partial charge < -0.3 is 14.2 Å². The minimum atomic E-state index is -0.806. The topological polar surface area (TPSA) is 79.1 Å². The number of thiazole rings is 1. The second-order valence-corrected chi connectivity index (χ2v) is 13.1. The third kappa shape index (κ3) is 6.94. The lowest BCUT2D eigenvalue weighted by atomic mass is 9.93. The van der Waals surface area contributed by atoms with Gasteiger partial charge in [-0.2, -0.15) is 0 Å². The Labute approximate surface area is 293 Å². The quantitative estimate of drug-likeness (QED) is 0.145.